The van der Waals surface area contributed by atoms with Crippen molar-refractivity contribution in [3.8, 4) is 17.5 Å². The zero-order valence-corrected chi connectivity index (χ0v) is 22.1. The van der Waals surface area contributed by atoms with Gasteiger partial charge in [-0.15, -0.1) is 0 Å². The minimum atomic E-state index is -3.54. The smallest absolute Gasteiger partial charge is 0.229 e. The third-order valence-electron chi connectivity index (χ3n) is 6.39. The number of piperidine rings is 1. The number of sulfone groups is 1. The molecule has 0 aliphatic carbocycles. The van der Waals surface area contributed by atoms with Gasteiger partial charge >= 0.3 is 0 Å². The quantitative estimate of drug-likeness (QED) is 0.396. The zero-order chi connectivity index (χ0) is 26.7. The molecule has 1 aliphatic rings. The number of rotatable bonds is 8. The number of ether oxygens (including phenoxy) is 2. The van der Waals surface area contributed by atoms with Gasteiger partial charge in [-0.2, -0.15) is 0 Å². The molecule has 2 heterocycles. The van der Waals surface area contributed by atoms with Gasteiger partial charge in [0, 0.05) is 24.9 Å². The molecule has 8 nitrogen and oxygen atoms in total. The molecule has 4 rings (SSSR count). The molecular weight excluding hydrogens is 497 g/mol. The lowest BCUT2D eigenvalue weighted by molar-refractivity contribution is 0.0774. The molecule has 0 radical (unpaired) electrons. The van der Waals surface area contributed by atoms with Gasteiger partial charge in [0.05, 0.1) is 17.0 Å². The van der Waals surface area contributed by atoms with Crippen molar-refractivity contribution in [3.05, 3.63) is 70.8 Å². The van der Waals surface area contributed by atoms with Crippen LogP contribution in [0.1, 0.15) is 39.9 Å². The highest BCUT2D eigenvalue weighted by Gasteiger charge is 2.25. The maximum atomic E-state index is 14.5. The van der Waals surface area contributed by atoms with E-state index in [1.165, 1.54) is 18.5 Å². The fraction of sp³-hybridized carbons (Fsp3) is 0.370. The molecule has 1 aliphatic heterocycles. The minimum absolute atomic E-state index is 0.0975. The highest BCUT2D eigenvalue weighted by molar-refractivity contribution is 7.90. The molecule has 0 saturated carbocycles. The second-order valence-electron chi connectivity index (χ2n) is 9.41. The predicted molar refractivity (Wildman–Crippen MR) is 137 cm³/mol. The summed E-state index contributed by atoms with van der Waals surface area (Å²) >= 11 is 0. The first kappa shape index (κ1) is 26.7. The highest BCUT2D eigenvalue weighted by Crippen LogP contribution is 2.31. The molecule has 0 bridgehead atoms. The molecule has 196 valence electrons. The van der Waals surface area contributed by atoms with Crippen LogP contribution in [-0.2, 0) is 9.84 Å². The Morgan fingerprint density at radius 1 is 1.05 bits per heavy atom. The van der Waals surface area contributed by atoms with E-state index in [0.29, 0.717) is 31.1 Å². The summed E-state index contributed by atoms with van der Waals surface area (Å²) in [7, 11) is -3.54. The number of aryl methyl sites for hydroxylation is 2. The molecule has 0 amide bonds. The molecule has 1 fully saturated rings. The Morgan fingerprint density at radius 3 is 2.41 bits per heavy atom. The molecule has 0 N–H and O–H groups in total. The Labute approximate surface area is 216 Å². The Kier molecular flexibility index (Phi) is 7.89. The van der Waals surface area contributed by atoms with E-state index in [4.69, 9.17) is 9.47 Å². The summed E-state index contributed by atoms with van der Waals surface area (Å²) < 4.78 is 49.5. The normalized spacial score (nSPS) is 14.9. The van der Waals surface area contributed by atoms with E-state index >= 15 is 0 Å². The molecule has 3 aromatic rings. The van der Waals surface area contributed by atoms with E-state index in [2.05, 4.69) is 14.9 Å². The topological polar surface area (TPSA) is 98.7 Å². The molecule has 10 heteroatoms. The Bertz CT molecular complexity index is 1420. The lowest BCUT2D eigenvalue weighted by Gasteiger charge is -2.31. The third kappa shape index (κ3) is 6.50. The number of benzene rings is 2. The van der Waals surface area contributed by atoms with Crippen molar-refractivity contribution >= 4 is 15.6 Å². The van der Waals surface area contributed by atoms with Gasteiger partial charge in [0.25, 0.3) is 0 Å². The lowest BCUT2D eigenvalue weighted by Crippen LogP contribution is -2.41. The summed E-state index contributed by atoms with van der Waals surface area (Å²) in [6.45, 7) is 7.48. The zero-order valence-electron chi connectivity index (χ0n) is 21.3. The first-order valence-electron chi connectivity index (χ1n) is 12.0. The van der Waals surface area contributed by atoms with E-state index in [-0.39, 0.29) is 28.4 Å². The average Bonchev–Trinajstić information content (AvgIpc) is 2.83. The van der Waals surface area contributed by atoms with Gasteiger partial charge in [0.15, 0.2) is 27.2 Å². The summed E-state index contributed by atoms with van der Waals surface area (Å²) in [5.41, 5.74) is 3.39. The first-order chi connectivity index (χ1) is 17.5. The molecular formula is C27H30FN3O5S. The van der Waals surface area contributed by atoms with Gasteiger partial charge in [0.1, 0.15) is 12.4 Å². The number of hydrogen-bond donors (Lipinski definition) is 0. The Balaban J connectivity index is 1.36. The maximum Gasteiger partial charge on any atom is 0.229 e. The van der Waals surface area contributed by atoms with Crippen LogP contribution in [0.5, 0.6) is 17.5 Å². The van der Waals surface area contributed by atoms with E-state index in [0.717, 1.165) is 41.9 Å². The van der Waals surface area contributed by atoms with Gasteiger partial charge in [-0.1, -0.05) is 23.8 Å². The maximum absolute atomic E-state index is 14.5. The second kappa shape index (κ2) is 10.9. The van der Waals surface area contributed by atoms with Gasteiger partial charge in [0.2, 0.25) is 11.8 Å². The Hall–Kier alpha value is -3.37. The van der Waals surface area contributed by atoms with E-state index in [1.54, 1.807) is 6.92 Å². The molecule has 37 heavy (non-hydrogen) atoms. The van der Waals surface area contributed by atoms with Crippen molar-refractivity contribution in [2.75, 3.05) is 25.9 Å². The summed E-state index contributed by atoms with van der Waals surface area (Å²) in [6.07, 6.45) is 3.63. The molecule has 0 unspecified atom stereocenters. The molecule has 2 aromatic carbocycles. The number of carbonyl (C=O) groups is 1. The summed E-state index contributed by atoms with van der Waals surface area (Å²) in [6, 6.07) is 9.32. The number of Topliss-reactive ketones (excluding diaryl/α,β-unsaturated/α-hetero) is 1. The molecule has 0 spiro atoms. The molecule has 0 atom stereocenters. The van der Waals surface area contributed by atoms with Crippen LogP contribution in [0, 0.1) is 26.6 Å². The van der Waals surface area contributed by atoms with Crippen molar-refractivity contribution in [2.24, 2.45) is 0 Å². The average molecular weight is 528 g/mol. The molecule has 1 aromatic heterocycles. The van der Waals surface area contributed by atoms with Gasteiger partial charge in [-0.3, -0.25) is 9.69 Å². The second-order valence-corrected chi connectivity index (χ2v) is 11.4. The summed E-state index contributed by atoms with van der Waals surface area (Å²) in [4.78, 5) is 23.1. The van der Waals surface area contributed by atoms with Crippen LogP contribution in [0.4, 0.5) is 4.39 Å². The number of halogens is 1. The van der Waals surface area contributed by atoms with Crippen LogP contribution in [0.25, 0.3) is 0 Å². The largest absolute Gasteiger partial charge is 0.474 e. The van der Waals surface area contributed by atoms with Crippen LogP contribution < -0.4 is 9.47 Å². The van der Waals surface area contributed by atoms with Crippen molar-refractivity contribution in [2.45, 2.75) is 44.6 Å². The number of likely N-dealkylation sites (tertiary alicyclic amines) is 1. The van der Waals surface area contributed by atoms with Crippen molar-refractivity contribution in [3.63, 3.8) is 0 Å². The highest BCUT2D eigenvalue weighted by atomic mass is 32.2. The lowest BCUT2D eigenvalue weighted by atomic mass is 10.0. The van der Waals surface area contributed by atoms with Gasteiger partial charge in [-0.25, -0.2) is 22.8 Å². The number of nitrogens with zero attached hydrogens (tertiary/aromatic N) is 3. The van der Waals surface area contributed by atoms with Crippen LogP contribution in [0.15, 0.2) is 47.6 Å². The number of ketones is 1. The van der Waals surface area contributed by atoms with Crippen LogP contribution in [-0.4, -0.2) is 61.1 Å². The van der Waals surface area contributed by atoms with E-state index < -0.39 is 15.7 Å². The van der Waals surface area contributed by atoms with E-state index in [9.17, 15) is 17.6 Å². The van der Waals surface area contributed by atoms with Crippen molar-refractivity contribution < 1.29 is 27.1 Å². The van der Waals surface area contributed by atoms with Gasteiger partial charge < -0.3 is 9.47 Å². The third-order valence-corrected chi connectivity index (χ3v) is 7.50. The predicted octanol–water partition coefficient (Wildman–Crippen LogP) is 4.46. The summed E-state index contributed by atoms with van der Waals surface area (Å²) in [5.74, 6) is -0.398. The SMILES string of the molecule is Cc1ccc(C(=O)CN2CCC(Oc3ncnc(Oc4ccc(S(C)(=O)=O)cc4F)c3C)CC2)c(C)c1. The van der Waals surface area contributed by atoms with E-state index in [1.807, 2.05) is 32.0 Å². The van der Waals surface area contributed by atoms with Crippen LogP contribution in [0.2, 0.25) is 0 Å². The fourth-order valence-electron chi connectivity index (χ4n) is 4.30. The first-order valence-corrected chi connectivity index (χ1v) is 13.9. The van der Waals surface area contributed by atoms with Crippen molar-refractivity contribution in [1.29, 1.82) is 0 Å². The number of aromatic nitrogens is 2. The summed E-state index contributed by atoms with van der Waals surface area (Å²) in [5, 5.41) is 0. The number of carbonyl (C=O) groups excluding carboxylic acids is 1. The standard InChI is InChI=1S/C27H30FN3O5S/c1-17-5-7-22(18(2)13-17)24(32)15-31-11-9-20(10-12-31)35-26-19(3)27(30-16-29-26)36-25-8-6-21(14-23(25)28)37(4,33)34/h5-8,13-14,16,20H,9-12,15H2,1-4H3. The fourth-order valence-corrected chi connectivity index (χ4v) is 4.93. The van der Waals surface area contributed by atoms with Gasteiger partial charge in [-0.05, 0) is 57.4 Å². The van der Waals surface area contributed by atoms with Crippen LogP contribution >= 0.6 is 0 Å². The number of hydrogen-bond acceptors (Lipinski definition) is 8. The Morgan fingerprint density at radius 2 is 1.76 bits per heavy atom. The monoisotopic (exact) mass is 527 g/mol. The minimum Gasteiger partial charge on any atom is -0.474 e. The molecule has 1 saturated heterocycles. The van der Waals surface area contributed by atoms with Crippen LogP contribution in [0.3, 0.4) is 0 Å². The van der Waals surface area contributed by atoms with Crippen molar-refractivity contribution in [1.82, 2.24) is 14.9 Å².